The van der Waals surface area contributed by atoms with Crippen LogP contribution >= 0.6 is 24.0 Å². The van der Waals surface area contributed by atoms with Gasteiger partial charge in [0.05, 0.1) is 4.91 Å². The Hall–Kier alpha value is -2.51. The monoisotopic (exact) mass is 341 g/mol. The number of nitrogens with zero attached hydrogens (tertiary/aromatic N) is 2. The Kier molecular flexibility index (Phi) is 4.50. The molecule has 3 rings (SSSR count). The molecule has 1 aliphatic heterocycles. The first-order chi connectivity index (χ1) is 11.1. The van der Waals surface area contributed by atoms with Crippen LogP contribution in [0.15, 0.2) is 59.8 Å². The van der Waals surface area contributed by atoms with E-state index in [0.717, 1.165) is 22.3 Å². The predicted octanol–water partition coefficient (Wildman–Crippen LogP) is 2.63. The third-order valence-electron chi connectivity index (χ3n) is 3.05. The zero-order valence-electron chi connectivity index (χ0n) is 11.8. The van der Waals surface area contributed by atoms with Gasteiger partial charge >= 0.3 is 0 Å². The maximum absolute atomic E-state index is 12.4. The van der Waals surface area contributed by atoms with E-state index in [4.69, 9.17) is 12.2 Å². The van der Waals surface area contributed by atoms with Crippen molar-refractivity contribution in [3.8, 4) is 0 Å². The second kappa shape index (κ2) is 6.72. The van der Waals surface area contributed by atoms with Crippen LogP contribution in [0.3, 0.4) is 0 Å². The molecule has 0 spiro atoms. The molecule has 23 heavy (non-hydrogen) atoms. The van der Waals surface area contributed by atoms with E-state index < -0.39 is 5.91 Å². The van der Waals surface area contributed by atoms with Gasteiger partial charge in [-0.1, -0.05) is 42.1 Å². The standard InChI is InChI=1S/C16H11N3O2S2/c20-14(12-6-8-17-9-7-12)18-19-15(21)13(23-16(19)22)10-11-4-2-1-3-5-11/h1-10H,(H,18,20)/b13-10-. The number of carbonyl (C=O) groups excluding carboxylic acids is 2. The lowest BCUT2D eigenvalue weighted by Crippen LogP contribution is -2.44. The van der Waals surface area contributed by atoms with Crippen LogP contribution in [0.4, 0.5) is 0 Å². The lowest BCUT2D eigenvalue weighted by atomic mass is 10.2. The van der Waals surface area contributed by atoms with E-state index in [9.17, 15) is 9.59 Å². The van der Waals surface area contributed by atoms with Crippen molar-refractivity contribution >= 4 is 46.2 Å². The van der Waals surface area contributed by atoms with Gasteiger partial charge in [0.25, 0.3) is 11.8 Å². The minimum absolute atomic E-state index is 0.291. The Labute approximate surface area is 142 Å². The van der Waals surface area contributed by atoms with Crippen LogP contribution in [0.5, 0.6) is 0 Å². The molecule has 2 heterocycles. The molecule has 0 saturated carbocycles. The molecule has 1 aromatic carbocycles. The third-order valence-corrected chi connectivity index (χ3v) is 4.35. The Morgan fingerprint density at radius 1 is 1.17 bits per heavy atom. The molecule has 5 nitrogen and oxygen atoms in total. The van der Waals surface area contributed by atoms with Gasteiger partial charge in [-0.15, -0.1) is 0 Å². The lowest BCUT2D eigenvalue weighted by Gasteiger charge is -2.15. The molecule has 1 fully saturated rings. The number of hydrogen-bond donors (Lipinski definition) is 1. The molecule has 0 unspecified atom stereocenters. The summed E-state index contributed by atoms with van der Waals surface area (Å²) in [6.07, 6.45) is 4.76. The van der Waals surface area contributed by atoms with E-state index in [1.54, 1.807) is 18.2 Å². The predicted molar refractivity (Wildman–Crippen MR) is 93.2 cm³/mol. The van der Waals surface area contributed by atoms with E-state index >= 15 is 0 Å². The van der Waals surface area contributed by atoms with E-state index in [-0.39, 0.29) is 5.91 Å². The highest BCUT2D eigenvalue weighted by molar-refractivity contribution is 8.26. The highest BCUT2D eigenvalue weighted by Gasteiger charge is 2.33. The van der Waals surface area contributed by atoms with Gasteiger partial charge in [0.1, 0.15) is 0 Å². The van der Waals surface area contributed by atoms with Crippen molar-refractivity contribution in [2.45, 2.75) is 0 Å². The number of thioether (sulfide) groups is 1. The molecule has 0 atom stereocenters. The number of rotatable bonds is 3. The number of hydrogen-bond acceptors (Lipinski definition) is 5. The molecule has 2 amide bonds. The smallest absolute Gasteiger partial charge is 0.267 e. The van der Waals surface area contributed by atoms with E-state index in [0.29, 0.717) is 14.8 Å². The summed E-state index contributed by atoms with van der Waals surface area (Å²) in [5.41, 5.74) is 3.83. The van der Waals surface area contributed by atoms with Crippen LogP contribution in [0, 0.1) is 0 Å². The van der Waals surface area contributed by atoms with Crippen molar-refractivity contribution in [2.24, 2.45) is 0 Å². The molecule has 0 radical (unpaired) electrons. The van der Waals surface area contributed by atoms with Gasteiger partial charge in [-0.05, 0) is 36.0 Å². The fourth-order valence-electron chi connectivity index (χ4n) is 1.93. The molecule has 2 aromatic rings. The number of pyridine rings is 1. The molecule has 0 aliphatic carbocycles. The van der Waals surface area contributed by atoms with Gasteiger partial charge in [0.15, 0.2) is 4.32 Å². The molecule has 1 aliphatic rings. The number of benzene rings is 1. The summed E-state index contributed by atoms with van der Waals surface area (Å²) in [5, 5.41) is 1.09. The number of aromatic nitrogens is 1. The van der Waals surface area contributed by atoms with Gasteiger partial charge in [-0.3, -0.25) is 20.0 Å². The summed E-state index contributed by atoms with van der Waals surface area (Å²) < 4.78 is 0.291. The summed E-state index contributed by atoms with van der Waals surface area (Å²) in [6.45, 7) is 0. The van der Waals surface area contributed by atoms with Crippen molar-refractivity contribution in [1.82, 2.24) is 15.4 Å². The van der Waals surface area contributed by atoms with Gasteiger partial charge < -0.3 is 0 Å². The van der Waals surface area contributed by atoms with Crippen LogP contribution in [-0.2, 0) is 4.79 Å². The van der Waals surface area contributed by atoms with Crippen molar-refractivity contribution in [2.75, 3.05) is 0 Å². The molecular formula is C16H11N3O2S2. The fraction of sp³-hybridized carbons (Fsp3) is 0. The minimum atomic E-state index is -0.412. The molecule has 1 aromatic heterocycles. The van der Waals surface area contributed by atoms with Crippen LogP contribution < -0.4 is 5.43 Å². The Balaban J connectivity index is 1.77. The maximum Gasteiger partial charge on any atom is 0.285 e. The number of thiocarbonyl (C=S) groups is 1. The number of hydrazine groups is 1. The Morgan fingerprint density at radius 3 is 2.57 bits per heavy atom. The van der Waals surface area contributed by atoms with Crippen LogP contribution in [0.2, 0.25) is 0 Å². The van der Waals surface area contributed by atoms with Gasteiger partial charge in [-0.25, -0.2) is 0 Å². The number of nitrogens with one attached hydrogen (secondary N) is 1. The van der Waals surface area contributed by atoms with E-state index in [1.165, 1.54) is 12.4 Å². The third kappa shape index (κ3) is 3.46. The molecule has 114 valence electrons. The normalized spacial score (nSPS) is 16.0. The van der Waals surface area contributed by atoms with Crippen LogP contribution in [0.25, 0.3) is 6.08 Å². The van der Waals surface area contributed by atoms with Gasteiger partial charge in [0, 0.05) is 18.0 Å². The van der Waals surface area contributed by atoms with Gasteiger partial charge in [-0.2, -0.15) is 5.01 Å². The first-order valence-corrected chi connectivity index (χ1v) is 7.91. The SMILES string of the molecule is O=C(NN1C(=O)/C(=C/c2ccccc2)SC1=S)c1ccncc1. The summed E-state index contributed by atoms with van der Waals surface area (Å²) in [6, 6.07) is 12.6. The molecule has 7 heteroatoms. The maximum atomic E-state index is 12.4. The molecular weight excluding hydrogens is 330 g/mol. The fourth-order valence-corrected chi connectivity index (χ4v) is 3.11. The summed E-state index contributed by atoms with van der Waals surface area (Å²) >= 11 is 6.33. The van der Waals surface area contributed by atoms with E-state index in [1.807, 2.05) is 30.3 Å². The molecule has 0 bridgehead atoms. The van der Waals surface area contributed by atoms with Crippen molar-refractivity contribution in [3.05, 3.63) is 70.9 Å². The van der Waals surface area contributed by atoms with E-state index in [2.05, 4.69) is 10.4 Å². The topological polar surface area (TPSA) is 62.3 Å². The largest absolute Gasteiger partial charge is 0.285 e. The van der Waals surface area contributed by atoms with Crippen molar-refractivity contribution < 1.29 is 9.59 Å². The van der Waals surface area contributed by atoms with Crippen molar-refractivity contribution in [1.29, 1.82) is 0 Å². The average Bonchev–Trinajstić information content (AvgIpc) is 2.84. The first-order valence-electron chi connectivity index (χ1n) is 6.69. The highest BCUT2D eigenvalue weighted by atomic mass is 32.2. The van der Waals surface area contributed by atoms with Crippen LogP contribution in [0.1, 0.15) is 15.9 Å². The van der Waals surface area contributed by atoms with Gasteiger partial charge in [0.2, 0.25) is 0 Å². The number of carbonyl (C=O) groups is 2. The quantitative estimate of drug-likeness (QED) is 0.687. The minimum Gasteiger partial charge on any atom is -0.267 e. The lowest BCUT2D eigenvalue weighted by molar-refractivity contribution is -0.123. The zero-order valence-corrected chi connectivity index (χ0v) is 13.4. The second-order valence-electron chi connectivity index (χ2n) is 4.60. The summed E-state index contributed by atoms with van der Waals surface area (Å²) in [5.74, 6) is -0.754. The first kappa shape index (κ1) is 15.4. The number of amides is 2. The van der Waals surface area contributed by atoms with Crippen LogP contribution in [-0.4, -0.2) is 26.1 Å². The van der Waals surface area contributed by atoms with Crippen molar-refractivity contribution in [3.63, 3.8) is 0 Å². The Bertz CT molecular complexity index is 791. The Morgan fingerprint density at radius 2 is 1.87 bits per heavy atom. The highest BCUT2D eigenvalue weighted by Crippen LogP contribution is 2.31. The zero-order chi connectivity index (χ0) is 16.2. The molecule has 1 saturated heterocycles. The molecule has 1 N–H and O–H groups in total. The summed E-state index contributed by atoms with van der Waals surface area (Å²) in [7, 11) is 0. The summed E-state index contributed by atoms with van der Waals surface area (Å²) in [4.78, 5) is 28.9. The average molecular weight is 341 g/mol. The second-order valence-corrected chi connectivity index (χ2v) is 6.28.